The van der Waals surface area contributed by atoms with Gasteiger partial charge >= 0.3 is 0 Å². The Morgan fingerprint density at radius 1 is 1.32 bits per heavy atom. The summed E-state index contributed by atoms with van der Waals surface area (Å²) in [6.07, 6.45) is 1.52. The third-order valence-electron chi connectivity index (χ3n) is 3.34. The van der Waals surface area contributed by atoms with Crippen LogP contribution >= 0.6 is 15.9 Å². The van der Waals surface area contributed by atoms with Crippen LogP contribution in [0.15, 0.2) is 45.8 Å². The van der Waals surface area contributed by atoms with Gasteiger partial charge in [0, 0.05) is 22.4 Å². The monoisotopic (exact) mass is 406 g/mol. The largest absolute Gasteiger partial charge is 0.324 e. The number of benzene rings is 1. The molecule has 2 aromatic heterocycles. The minimum atomic E-state index is -0.531. The van der Waals surface area contributed by atoms with Crippen LogP contribution < -0.4 is 10.9 Å². The molecule has 0 atom stereocenters. The summed E-state index contributed by atoms with van der Waals surface area (Å²) >= 11 is 3.24. The van der Waals surface area contributed by atoms with Crippen molar-refractivity contribution in [1.29, 1.82) is 0 Å². The Morgan fingerprint density at radius 2 is 2.12 bits per heavy atom. The van der Waals surface area contributed by atoms with Crippen LogP contribution in [0.2, 0.25) is 0 Å². The molecule has 2 heterocycles. The van der Waals surface area contributed by atoms with Gasteiger partial charge in [-0.1, -0.05) is 0 Å². The second-order valence-electron chi connectivity index (χ2n) is 5.17. The van der Waals surface area contributed by atoms with E-state index in [1.165, 1.54) is 39.7 Å². The second-order valence-corrected chi connectivity index (χ2v) is 6.08. The van der Waals surface area contributed by atoms with Crippen molar-refractivity contribution in [2.75, 3.05) is 5.32 Å². The zero-order valence-corrected chi connectivity index (χ0v) is 14.6. The van der Waals surface area contributed by atoms with Gasteiger partial charge in [0.05, 0.1) is 0 Å². The number of aromatic nitrogens is 5. The summed E-state index contributed by atoms with van der Waals surface area (Å²) in [7, 11) is 0. The molecule has 0 fully saturated rings. The average Bonchev–Trinajstić information content (AvgIpc) is 2.98. The molecule has 0 saturated heterocycles. The highest BCUT2D eigenvalue weighted by molar-refractivity contribution is 9.10. The molecule has 1 amide bonds. The molecule has 0 saturated carbocycles. The predicted molar refractivity (Wildman–Crippen MR) is 90.9 cm³/mol. The molecule has 3 aromatic rings. The zero-order chi connectivity index (χ0) is 18.0. The molecule has 0 aliphatic rings. The number of aryl methyl sites for hydroxylation is 1. The molecule has 8 nitrogen and oxygen atoms in total. The van der Waals surface area contributed by atoms with E-state index in [9.17, 15) is 14.0 Å². The molecule has 1 aromatic carbocycles. The number of amides is 1. The molecular formula is C15H12BrFN6O2. The lowest BCUT2D eigenvalue weighted by Gasteiger charge is -2.10. The quantitative estimate of drug-likeness (QED) is 0.710. The van der Waals surface area contributed by atoms with Crippen molar-refractivity contribution in [2.24, 2.45) is 0 Å². The Hall–Kier alpha value is -2.88. The molecule has 3 rings (SSSR count). The van der Waals surface area contributed by atoms with Crippen molar-refractivity contribution >= 4 is 27.5 Å². The molecule has 10 heteroatoms. The fourth-order valence-corrected chi connectivity index (χ4v) is 2.57. The van der Waals surface area contributed by atoms with Crippen molar-refractivity contribution in [1.82, 2.24) is 24.8 Å². The molecule has 0 aliphatic heterocycles. The molecule has 0 aliphatic carbocycles. The van der Waals surface area contributed by atoms with Crippen molar-refractivity contribution in [2.45, 2.75) is 13.5 Å². The van der Waals surface area contributed by atoms with Crippen molar-refractivity contribution < 1.29 is 9.18 Å². The lowest BCUT2D eigenvalue weighted by Crippen LogP contribution is -2.26. The highest BCUT2D eigenvalue weighted by atomic mass is 79.9. The highest BCUT2D eigenvalue weighted by Gasteiger charge is 2.12. The SMILES string of the molecule is Cc1nnnn1-c1cc(NC(=O)Cn2cc(Br)ccc2=O)ccc1F. The van der Waals surface area contributed by atoms with Crippen molar-refractivity contribution in [3.05, 3.63) is 63.0 Å². The van der Waals surface area contributed by atoms with Gasteiger partial charge in [0.25, 0.3) is 5.56 Å². The summed E-state index contributed by atoms with van der Waals surface area (Å²) in [5.41, 5.74) is 0.168. The molecule has 0 unspecified atom stereocenters. The lowest BCUT2D eigenvalue weighted by atomic mass is 10.2. The van der Waals surface area contributed by atoms with Crippen LogP contribution in [0.4, 0.5) is 10.1 Å². The van der Waals surface area contributed by atoms with Gasteiger partial charge in [0.1, 0.15) is 18.0 Å². The van der Waals surface area contributed by atoms with Gasteiger partial charge < -0.3 is 9.88 Å². The Kier molecular flexibility index (Phi) is 4.70. The maximum atomic E-state index is 14.0. The van der Waals surface area contributed by atoms with Gasteiger partial charge in [-0.15, -0.1) is 5.10 Å². The summed E-state index contributed by atoms with van der Waals surface area (Å²) in [6, 6.07) is 6.99. The number of anilines is 1. The Morgan fingerprint density at radius 3 is 2.84 bits per heavy atom. The molecule has 128 valence electrons. The fourth-order valence-electron chi connectivity index (χ4n) is 2.19. The van der Waals surface area contributed by atoms with Crippen molar-refractivity contribution in [3.63, 3.8) is 0 Å². The summed E-state index contributed by atoms with van der Waals surface area (Å²) in [6.45, 7) is 1.46. The first kappa shape index (κ1) is 17.0. The topological polar surface area (TPSA) is 94.7 Å². The summed E-state index contributed by atoms with van der Waals surface area (Å²) in [4.78, 5) is 23.9. The normalized spacial score (nSPS) is 10.7. The predicted octanol–water partition coefficient (Wildman–Crippen LogP) is 1.67. The van der Waals surface area contributed by atoms with Crippen LogP contribution in [-0.4, -0.2) is 30.7 Å². The first-order valence-corrected chi connectivity index (χ1v) is 7.94. The molecular weight excluding hydrogens is 395 g/mol. The number of hydrogen-bond donors (Lipinski definition) is 1. The van der Waals surface area contributed by atoms with Crippen molar-refractivity contribution in [3.8, 4) is 5.69 Å². The Labute approximate surface area is 149 Å². The van der Waals surface area contributed by atoms with E-state index in [-0.39, 0.29) is 17.8 Å². The van der Waals surface area contributed by atoms with E-state index >= 15 is 0 Å². The second kappa shape index (κ2) is 6.93. The van der Waals surface area contributed by atoms with Gasteiger partial charge in [-0.3, -0.25) is 9.59 Å². The number of carbonyl (C=O) groups is 1. The van der Waals surface area contributed by atoms with E-state index in [2.05, 4.69) is 36.8 Å². The number of hydrogen-bond acceptors (Lipinski definition) is 5. The van der Waals surface area contributed by atoms with Crippen LogP contribution in [0, 0.1) is 12.7 Å². The van der Waals surface area contributed by atoms with Gasteiger partial charge in [-0.05, 0) is 57.5 Å². The van der Waals surface area contributed by atoms with E-state index in [4.69, 9.17) is 0 Å². The maximum absolute atomic E-state index is 14.0. The van der Waals surface area contributed by atoms with E-state index in [0.717, 1.165) is 0 Å². The number of pyridine rings is 1. The summed E-state index contributed by atoms with van der Waals surface area (Å²) in [5, 5.41) is 13.5. The van der Waals surface area contributed by atoms with E-state index in [1.807, 2.05) is 0 Å². The Bertz CT molecular complexity index is 1000. The number of nitrogens with zero attached hydrogens (tertiary/aromatic N) is 5. The first-order valence-electron chi connectivity index (χ1n) is 7.15. The minimum absolute atomic E-state index is 0.111. The molecule has 25 heavy (non-hydrogen) atoms. The van der Waals surface area contributed by atoms with E-state index < -0.39 is 11.7 Å². The summed E-state index contributed by atoms with van der Waals surface area (Å²) in [5.74, 6) is -0.550. The number of carbonyl (C=O) groups excluding carboxylic acids is 1. The third kappa shape index (κ3) is 3.79. The zero-order valence-electron chi connectivity index (χ0n) is 13.0. The number of nitrogens with one attached hydrogen (secondary N) is 1. The first-order chi connectivity index (χ1) is 11.9. The smallest absolute Gasteiger partial charge is 0.251 e. The molecule has 0 bridgehead atoms. The Balaban J connectivity index is 1.81. The summed E-state index contributed by atoms with van der Waals surface area (Å²) < 4.78 is 17.2. The minimum Gasteiger partial charge on any atom is -0.324 e. The third-order valence-corrected chi connectivity index (χ3v) is 3.81. The van der Waals surface area contributed by atoms with Gasteiger partial charge in [-0.25, -0.2) is 4.39 Å². The number of halogens is 2. The molecule has 1 N–H and O–H groups in total. The van der Waals surface area contributed by atoms with Gasteiger partial charge in [-0.2, -0.15) is 4.68 Å². The standard InChI is InChI=1S/C15H12BrFN6O2/c1-9-19-20-21-23(9)13-6-11(3-4-12(13)17)18-14(24)8-22-7-10(16)2-5-15(22)25/h2-7H,8H2,1H3,(H,18,24). The van der Waals surface area contributed by atoms with Crippen LogP contribution in [0.25, 0.3) is 5.69 Å². The molecule has 0 radical (unpaired) electrons. The van der Waals surface area contributed by atoms with E-state index in [1.54, 1.807) is 13.0 Å². The van der Waals surface area contributed by atoms with Gasteiger partial charge in [0.15, 0.2) is 5.82 Å². The molecule has 0 spiro atoms. The van der Waals surface area contributed by atoms with Crippen LogP contribution in [0.3, 0.4) is 0 Å². The van der Waals surface area contributed by atoms with E-state index in [0.29, 0.717) is 16.0 Å². The van der Waals surface area contributed by atoms with Crippen LogP contribution in [0.1, 0.15) is 5.82 Å². The van der Waals surface area contributed by atoms with Crippen LogP contribution in [0.5, 0.6) is 0 Å². The highest BCUT2D eigenvalue weighted by Crippen LogP contribution is 2.18. The number of rotatable bonds is 4. The van der Waals surface area contributed by atoms with Gasteiger partial charge in [0.2, 0.25) is 5.91 Å². The van der Waals surface area contributed by atoms with Crippen LogP contribution in [-0.2, 0) is 11.3 Å². The average molecular weight is 407 g/mol. The number of tetrazole rings is 1. The fraction of sp³-hybridized carbons (Fsp3) is 0.133. The maximum Gasteiger partial charge on any atom is 0.251 e. The lowest BCUT2D eigenvalue weighted by molar-refractivity contribution is -0.116.